The van der Waals surface area contributed by atoms with E-state index in [9.17, 15) is 18.0 Å². The average Bonchev–Trinajstić information content (AvgIpc) is 3.32. The highest BCUT2D eigenvalue weighted by Gasteiger charge is 2.51. The van der Waals surface area contributed by atoms with Crippen LogP contribution in [0.5, 0.6) is 5.75 Å². The molecular weight excluding hydrogens is 456 g/mol. The molecule has 2 fully saturated rings. The third-order valence-corrected chi connectivity index (χ3v) is 9.46. The molecule has 0 aromatic heterocycles. The van der Waals surface area contributed by atoms with Crippen molar-refractivity contribution in [2.45, 2.75) is 35.3 Å². The number of sulfone groups is 1. The number of hydrogen-bond donors (Lipinski definition) is 1. The van der Waals surface area contributed by atoms with Gasteiger partial charge in [0.1, 0.15) is 5.75 Å². The maximum absolute atomic E-state index is 13.3. The molecule has 0 spiro atoms. The Morgan fingerprint density at radius 1 is 1.09 bits per heavy atom. The second-order valence-corrected chi connectivity index (χ2v) is 11.2. The van der Waals surface area contributed by atoms with Crippen LogP contribution >= 0.6 is 0 Å². The molecule has 2 saturated heterocycles. The molecule has 2 aliphatic heterocycles. The monoisotopic (exact) mass is 486 g/mol. The first-order valence-electron chi connectivity index (χ1n) is 11.4. The standard InChI is InChI=1S/C25H30N2O6S/c1-32-21-6-4-20(5-7-21)23(28)27-13-10-19(17-27)16-18-2-8-22(9-3-18)34(30,31)25(24(26)29)11-14-33-15-12-25/h2-9,19H,10-17H2,1H3,(H2,26,29)/t19-/m0/s1. The number of benzene rings is 2. The van der Waals surface area contributed by atoms with Crippen LogP contribution in [0.25, 0.3) is 0 Å². The zero-order chi connectivity index (χ0) is 24.3. The van der Waals surface area contributed by atoms with Crippen LogP contribution in [0, 0.1) is 5.92 Å². The van der Waals surface area contributed by atoms with Crippen molar-refractivity contribution in [3.05, 3.63) is 59.7 Å². The van der Waals surface area contributed by atoms with Crippen LogP contribution in [0.3, 0.4) is 0 Å². The predicted octanol–water partition coefficient (Wildman–Crippen LogP) is 2.21. The highest BCUT2D eigenvalue weighted by Crippen LogP contribution is 2.35. The number of primary amides is 1. The molecule has 1 atom stereocenters. The first-order valence-corrected chi connectivity index (χ1v) is 12.9. The molecule has 2 aromatic carbocycles. The normalized spacial score (nSPS) is 20.1. The quantitative estimate of drug-likeness (QED) is 0.642. The van der Waals surface area contributed by atoms with Crippen molar-refractivity contribution >= 4 is 21.7 Å². The van der Waals surface area contributed by atoms with Crippen molar-refractivity contribution in [2.24, 2.45) is 11.7 Å². The van der Waals surface area contributed by atoms with Crippen LogP contribution in [0.2, 0.25) is 0 Å². The van der Waals surface area contributed by atoms with Crippen LogP contribution in [0.15, 0.2) is 53.4 Å². The number of methoxy groups -OCH3 is 1. The number of amides is 2. The van der Waals surface area contributed by atoms with E-state index in [1.165, 1.54) is 0 Å². The lowest BCUT2D eigenvalue weighted by Gasteiger charge is -2.33. The minimum atomic E-state index is -3.94. The van der Waals surface area contributed by atoms with E-state index < -0.39 is 20.5 Å². The van der Waals surface area contributed by atoms with Gasteiger partial charge in [-0.3, -0.25) is 9.59 Å². The smallest absolute Gasteiger partial charge is 0.253 e. The van der Waals surface area contributed by atoms with Gasteiger partial charge in [0.05, 0.1) is 12.0 Å². The Balaban J connectivity index is 1.41. The van der Waals surface area contributed by atoms with Gasteiger partial charge in [-0.1, -0.05) is 12.1 Å². The van der Waals surface area contributed by atoms with Gasteiger partial charge in [0.2, 0.25) is 5.91 Å². The second kappa shape index (κ2) is 9.76. The summed E-state index contributed by atoms with van der Waals surface area (Å²) in [5.41, 5.74) is 7.17. The summed E-state index contributed by atoms with van der Waals surface area (Å²) in [6.45, 7) is 1.71. The Morgan fingerprint density at radius 2 is 1.74 bits per heavy atom. The molecule has 2 amide bonds. The molecule has 2 heterocycles. The number of carbonyl (C=O) groups excluding carboxylic acids is 2. The van der Waals surface area contributed by atoms with Gasteiger partial charge in [0.15, 0.2) is 14.6 Å². The zero-order valence-corrected chi connectivity index (χ0v) is 20.1. The lowest BCUT2D eigenvalue weighted by atomic mass is 9.98. The molecule has 2 aliphatic rings. The topological polar surface area (TPSA) is 116 Å². The van der Waals surface area contributed by atoms with Crippen molar-refractivity contribution in [3.8, 4) is 5.75 Å². The lowest BCUT2D eigenvalue weighted by molar-refractivity contribution is -0.122. The van der Waals surface area contributed by atoms with Crippen LogP contribution in [-0.4, -0.2) is 63.3 Å². The maximum atomic E-state index is 13.3. The molecule has 34 heavy (non-hydrogen) atoms. The number of likely N-dealkylation sites (tertiary alicyclic amines) is 1. The van der Waals surface area contributed by atoms with E-state index >= 15 is 0 Å². The molecule has 0 bridgehead atoms. The molecule has 2 N–H and O–H groups in total. The summed E-state index contributed by atoms with van der Waals surface area (Å²) in [6.07, 6.45) is 1.74. The largest absolute Gasteiger partial charge is 0.497 e. The van der Waals surface area contributed by atoms with E-state index in [0.29, 0.717) is 24.4 Å². The minimum Gasteiger partial charge on any atom is -0.497 e. The number of hydrogen-bond acceptors (Lipinski definition) is 6. The van der Waals surface area contributed by atoms with Crippen LogP contribution in [0.1, 0.15) is 35.2 Å². The molecule has 9 heteroatoms. The van der Waals surface area contributed by atoms with Crippen molar-refractivity contribution in [2.75, 3.05) is 33.4 Å². The van der Waals surface area contributed by atoms with Gasteiger partial charge in [0.25, 0.3) is 5.91 Å². The number of carbonyl (C=O) groups is 2. The first kappa shape index (κ1) is 24.2. The van der Waals surface area contributed by atoms with Gasteiger partial charge >= 0.3 is 0 Å². The van der Waals surface area contributed by atoms with E-state index in [0.717, 1.165) is 18.4 Å². The third kappa shape index (κ3) is 4.54. The molecule has 0 radical (unpaired) electrons. The maximum Gasteiger partial charge on any atom is 0.253 e. The Kier molecular flexibility index (Phi) is 6.95. The SMILES string of the molecule is COc1ccc(C(=O)N2CC[C@@H](Cc3ccc(S(=O)(=O)C4(C(N)=O)CCOCC4)cc3)C2)cc1. The van der Waals surface area contributed by atoms with Crippen molar-refractivity contribution < 1.29 is 27.5 Å². The fraction of sp³-hybridized carbons (Fsp3) is 0.440. The summed E-state index contributed by atoms with van der Waals surface area (Å²) in [5.74, 6) is 0.171. The number of rotatable bonds is 7. The van der Waals surface area contributed by atoms with Gasteiger partial charge in [-0.15, -0.1) is 0 Å². The van der Waals surface area contributed by atoms with Gasteiger partial charge < -0.3 is 20.1 Å². The summed E-state index contributed by atoms with van der Waals surface area (Å²) >= 11 is 0. The molecule has 2 aromatic rings. The van der Waals surface area contributed by atoms with Gasteiger partial charge in [-0.2, -0.15) is 0 Å². The fourth-order valence-electron chi connectivity index (χ4n) is 4.81. The van der Waals surface area contributed by atoms with Crippen LogP contribution in [0.4, 0.5) is 0 Å². The second-order valence-electron chi connectivity index (χ2n) is 8.96. The van der Waals surface area contributed by atoms with Gasteiger partial charge in [-0.25, -0.2) is 8.42 Å². The third-order valence-electron chi connectivity index (χ3n) is 6.93. The van der Waals surface area contributed by atoms with Crippen molar-refractivity contribution in [3.63, 3.8) is 0 Å². The highest BCUT2D eigenvalue weighted by atomic mass is 32.2. The van der Waals surface area contributed by atoms with Gasteiger partial charge in [-0.05, 0) is 73.6 Å². The number of ether oxygens (including phenoxy) is 2. The fourth-order valence-corrected chi connectivity index (χ4v) is 6.73. The molecular formula is C25H30N2O6S. The predicted molar refractivity (Wildman–Crippen MR) is 126 cm³/mol. The summed E-state index contributed by atoms with van der Waals surface area (Å²) in [6, 6.07) is 13.8. The van der Waals surface area contributed by atoms with Crippen molar-refractivity contribution in [1.29, 1.82) is 0 Å². The Labute approximate surface area is 199 Å². The zero-order valence-electron chi connectivity index (χ0n) is 19.2. The van der Waals surface area contributed by atoms with E-state index in [1.807, 2.05) is 4.90 Å². The summed E-state index contributed by atoms with van der Waals surface area (Å²) in [4.78, 5) is 26.9. The number of nitrogens with two attached hydrogens (primary N) is 1. The molecule has 0 aliphatic carbocycles. The average molecular weight is 487 g/mol. The van der Waals surface area contributed by atoms with E-state index in [-0.39, 0.29) is 42.8 Å². The first-order chi connectivity index (χ1) is 16.3. The Morgan fingerprint density at radius 3 is 2.32 bits per heavy atom. The molecule has 8 nitrogen and oxygen atoms in total. The Hall–Kier alpha value is -2.91. The lowest BCUT2D eigenvalue weighted by Crippen LogP contribution is -2.53. The molecule has 182 valence electrons. The molecule has 0 saturated carbocycles. The van der Waals surface area contributed by atoms with Gasteiger partial charge in [0, 0.05) is 31.9 Å². The van der Waals surface area contributed by atoms with E-state index in [1.54, 1.807) is 55.6 Å². The van der Waals surface area contributed by atoms with Crippen LogP contribution < -0.4 is 10.5 Å². The Bertz CT molecular complexity index is 1140. The summed E-state index contributed by atoms with van der Waals surface area (Å²) in [5, 5.41) is 0. The number of nitrogens with zero attached hydrogens (tertiary/aromatic N) is 1. The minimum absolute atomic E-state index is 0.000180. The van der Waals surface area contributed by atoms with E-state index in [2.05, 4.69) is 0 Å². The summed E-state index contributed by atoms with van der Waals surface area (Å²) < 4.78 is 35.4. The summed E-state index contributed by atoms with van der Waals surface area (Å²) in [7, 11) is -2.35. The molecule has 0 unspecified atom stereocenters. The van der Waals surface area contributed by atoms with Crippen LogP contribution in [-0.2, 0) is 25.8 Å². The van der Waals surface area contributed by atoms with E-state index in [4.69, 9.17) is 15.2 Å². The molecule has 4 rings (SSSR count). The highest BCUT2D eigenvalue weighted by molar-refractivity contribution is 7.93. The van der Waals surface area contributed by atoms with Crippen molar-refractivity contribution in [1.82, 2.24) is 4.90 Å².